The summed E-state index contributed by atoms with van der Waals surface area (Å²) < 4.78 is 0. The van der Waals surface area contributed by atoms with Crippen LogP contribution in [0.15, 0.2) is 17.5 Å². The van der Waals surface area contributed by atoms with E-state index in [1.807, 2.05) is 26.2 Å². The number of thiazole rings is 1. The predicted molar refractivity (Wildman–Crippen MR) is 83.3 cm³/mol. The molecule has 0 aliphatic heterocycles. The Hall–Kier alpha value is -2.28. The number of carboxylic acids is 1. The maximum atomic E-state index is 12.3. The van der Waals surface area contributed by atoms with E-state index in [1.165, 1.54) is 23.5 Å². The van der Waals surface area contributed by atoms with Gasteiger partial charge in [0, 0.05) is 11.1 Å². The Morgan fingerprint density at radius 1 is 1.23 bits per heavy atom. The van der Waals surface area contributed by atoms with Crippen LogP contribution >= 0.6 is 11.3 Å². The summed E-state index contributed by atoms with van der Waals surface area (Å²) >= 11 is 1.48. The van der Waals surface area contributed by atoms with Crippen molar-refractivity contribution in [3.8, 4) is 0 Å². The van der Waals surface area contributed by atoms with E-state index in [0.29, 0.717) is 5.69 Å². The summed E-state index contributed by atoms with van der Waals surface area (Å²) in [5.41, 5.74) is 0.859. The molecule has 0 bridgehead atoms. The second-order valence-electron chi connectivity index (χ2n) is 5.51. The Balaban J connectivity index is 2.22. The van der Waals surface area contributed by atoms with Crippen LogP contribution in [0.4, 0.5) is 0 Å². The lowest BCUT2D eigenvalue weighted by Crippen LogP contribution is -2.41. The summed E-state index contributed by atoms with van der Waals surface area (Å²) in [6.45, 7) is 7.19. The zero-order chi connectivity index (χ0) is 16.5. The molecule has 0 atom stereocenters. The summed E-state index contributed by atoms with van der Waals surface area (Å²) in [4.78, 5) is 31.8. The van der Waals surface area contributed by atoms with Crippen LogP contribution in [-0.2, 0) is 5.54 Å². The number of hydrogen-bond acceptors (Lipinski definition) is 5. The molecule has 7 heteroatoms. The molecule has 0 unspecified atom stereocenters. The lowest BCUT2D eigenvalue weighted by molar-refractivity contribution is 0.0694. The van der Waals surface area contributed by atoms with Crippen LogP contribution in [0.5, 0.6) is 0 Å². The Morgan fingerprint density at radius 3 is 2.41 bits per heavy atom. The molecule has 0 saturated heterocycles. The van der Waals surface area contributed by atoms with E-state index in [9.17, 15) is 9.59 Å². The highest BCUT2D eigenvalue weighted by molar-refractivity contribution is 7.09. The van der Waals surface area contributed by atoms with Gasteiger partial charge in [0.2, 0.25) is 0 Å². The summed E-state index contributed by atoms with van der Waals surface area (Å²) in [6.07, 6.45) is 0. The summed E-state index contributed by atoms with van der Waals surface area (Å²) in [5, 5.41) is 14.6. The van der Waals surface area contributed by atoms with Crippen LogP contribution in [-0.4, -0.2) is 27.0 Å². The first-order valence-corrected chi connectivity index (χ1v) is 7.55. The molecule has 22 heavy (non-hydrogen) atoms. The number of carbonyl (C=O) groups is 2. The fraction of sp³-hybridized carbons (Fsp3) is 0.333. The van der Waals surface area contributed by atoms with Crippen LogP contribution in [0.25, 0.3) is 0 Å². The predicted octanol–water partition coefficient (Wildman–Crippen LogP) is 2.52. The van der Waals surface area contributed by atoms with Crippen molar-refractivity contribution < 1.29 is 14.7 Å². The van der Waals surface area contributed by atoms with E-state index < -0.39 is 11.5 Å². The summed E-state index contributed by atoms with van der Waals surface area (Å²) in [7, 11) is 0. The van der Waals surface area contributed by atoms with Gasteiger partial charge in [-0.15, -0.1) is 11.3 Å². The van der Waals surface area contributed by atoms with Crippen molar-refractivity contribution in [1.82, 2.24) is 15.3 Å². The number of pyridine rings is 1. The Morgan fingerprint density at radius 2 is 1.91 bits per heavy atom. The molecule has 2 aromatic rings. The average Bonchev–Trinajstić information content (AvgIpc) is 2.85. The molecular formula is C15H17N3O3S. The van der Waals surface area contributed by atoms with Crippen LogP contribution in [0.2, 0.25) is 0 Å². The smallest absolute Gasteiger partial charge is 0.337 e. The van der Waals surface area contributed by atoms with Crippen LogP contribution < -0.4 is 5.32 Å². The van der Waals surface area contributed by atoms with Gasteiger partial charge in [0.15, 0.2) is 0 Å². The maximum Gasteiger partial charge on any atom is 0.337 e. The van der Waals surface area contributed by atoms with Gasteiger partial charge in [-0.1, -0.05) is 0 Å². The number of aromatic nitrogens is 2. The van der Waals surface area contributed by atoms with Crippen molar-refractivity contribution in [2.45, 2.75) is 33.2 Å². The normalized spacial score (nSPS) is 11.3. The van der Waals surface area contributed by atoms with Crippen LogP contribution in [0.3, 0.4) is 0 Å². The number of nitrogens with zero attached hydrogens (tertiary/aromatic N) is 2. The Labute approximate surface area is 132 Å². The highest BCUT2D eigenvalue weighted by Crippen LogP contribution is 2.24. The van der Waals surface area contributed by atoms with Gasteiger partial charge >= 0.3 is 5.97 Å². The summed E-state index contributed by atoms with van der Waals surface area (Å²) in [6, 6.07) is 2.80. The van der Waals surface area contributed by atoms with E-state index >= 15 is 0 Å². The number of aromatic carboxylic acids is 1. The fourth-order valence-corrected chi connectivity index (χ4v) is 2.83. The zero-order valence-corrected chi connectivity index (χ0v) is 13.6. The first-order valence-electron chi connectivity index (χ1n) is 6.67. The van der Waals surface area contributed by atoms with Crippen molar-refractivity contribution in [1.29, 1.82) is 0 Å². The monoisotopic (exact) mass is 319 g/mol. The Bertz CT molecular complexity index is 737. The molecule has 0 aromatic carbocycles. The number of rotatable bonds is 4. The van der Waals surface area contributed by atoms with Gasteiger partial charge in [-0.05, 0) is 39.8 Å². The van der Waals surface area contributed by atoms with E-state index in [0.717, 1.165) is 10.7 Å². The number of aryl methyl sites for hydroxylation is 2. The largest absolute Gasteiger partial charge is 0.478 e. The molecule has 2 N–H and O–H groups in total. The first kappa shape index (κ1) is 16.1. The second kappa shape index (κ2) is 5.84. The number of amides is 1. The van der Waals surface area contributed by atoms with Crippen molar-refractivity contribution >= 4 is 23.2 Å². The molecule has 0 aliphatic rings. The number of carbonyl (C=O) groups excluding carboxylic acids is 1. The fourth-order valence-electron chi connectivity index (χ4n) is 1.96. The maximum absolute atomic E-state index is 12.3. The second-order valence-corrected chi connectivity index (χ2v) is 6.37. The zero-order valence-electron chi connectivity index (χ0n) is 12.8. The minimum Gasteiger partial charge on any atom is -0.478 e. The number of carboxylic acid groups (broad SMARTS) is 1. The van der Waals surface area contributed by atoms with Gasteiger partial charge in [-0.2, -0.15) is 0 Å². The standard InChI is InChI=1S/C15H17N3O3S/c1-8-7-22-14(16-8)15(3,4)18-12(19)11-6-5-10(13(20)21)9(2)17-11/h5-7H,1-4H3,(H,18,19)(H,20,21). The molecule has 0 spiro atoms. The van der Waals surface area contributed by atoms with Gasteiger partial charge in [-0.3, -0.25) is 4.79 Å². The minimum atomic E-state index is -1.06. The molecule has 0 saturated carbocycles. The van der Waals surface area contributed by atoms with Crippen molar-refractivity contribution in [3.05, 3.63) is 45.2 Å². The lowest BCUT2D eigenvalue weighted by Gasteiger charge is -2.23. The lowest BCUT2D eigenvalue weighted by atomic mass is 10.1. The summed E-state index contributed by atoms with van der Waals surface area (Å²) in [5.74, 6) is -1.42. The molecule has 1 amide bonds. The van der Waals surface area contributed by atoms with Gasteiger partial charge < -0.3 is 10.4 Å². The molecule has 2 rings (SSSR count). The third kappa shape index (κ3) is 3.30. The van der Waals surface area contributed by atoms with Crippen LogP contribution in [0, 0.1) is 13.8 Å². The van der Waals surface area contributed by atoms with Gasteiger partial charge in [-0.25, -0.2) is 14.8 Å². The molecule has 6 nitrogen and oxygen atoms in total. The molecule has 2 heterocycles. The van der Waals surface area contributed by atoms with Crippen molar-refractivity contribution in [2.75, 3.05) is 0 Å². The highest BCUT2D eigenvalue weighted by Gasteiger charge is 2.27. The molecule has 0 radical (unpaired) electrons. The van der Waals surface area contributed by atoms with E-state index in [4.69, 9.17) is 5.11 Å². The Kier molecular flexibility index (Phi) is 4.27. The van der Waals surface area contributed by atoms with Crippen molar-refractivity contribution in [3.63, 3.8) is 0 Å². The SMILES string of the molecule is Cc1csc(C(C)(C)NC(=O)c2ccc(C(=O)O)c(C)n2)n1. The van der Waals surface area contributed by atoms with E-state index in [-0.39, 0.29) is 17.2 Å². The highest BCUT2D eigenvalue weighted by atomic mass is 32.1. The minimum absolute atomic E-state index is 0.0892. The molecule has 116 valence electrons. The third-order valence-electron chi connectivity index (χ3n) is 3.13. The average molecular weight is 319 g/mol. The quantitative estimate of drug-likeness (QED) is 0.903. The van der Waals surface area contributed by atoms with E-state index in [1.54, 1.807) is 6.92 Å². The topological polar surface area (TPSA) is 92.2 Å². The van der Waals surface area contributed by atoms with Gasteiger partial charge in [0.05, 0.1) is 16.8 Å². The van der Waals surface area contributed by atoms with Crippen molar-refractivity contribution in [2.24, 2.45) is 0 Å². The molecule has 0 fully saturated rings. The molecule has 2 aromatic heterocycles. The molecule has 0 aliphatic carbocycles. The third-order valence-corrected chi connectivity index (χ3v) is 4.41. The first-order chi connectivity index (χ1) is 10.2. The van der Waals surface area contributed by atoms with E-state index in [2.05, 4.69) is 15.3 Å². The van der Waals surface area contributed by atoms with Gasteiger partial charge in [0.25, 0.3) is 5.91 Å². The number of hydrogen-bond donors (Lipinski definition) is 2. The van der Waals surface area contributed by atoms with Crippen LogP contribution in [0.1, 0.15) is 51.1 Å². The van der Waals surface area contributed by atoms with Gasteiger partial charge in [0.1, 0.15) is 10.7 Å². The number of nitrogens with one attached hydrogen (secondary N) is 1. The molecular weight excluding hydrogens is 302 g/mol.